The maximum atomic E-state index is 11.2. The number of ether oxygens (including phenoxy) is 1. The van der Waals surface area contributed by atoms with Crippen LogP contribution in [0.2, 0.25) is 0 Å². The first-order valence-electron chi connectivity index (χ1n) is 4.81. The molecule has 0 aliphatic carbocycles. The molecule has 0 spiro atoms. The maximum absolute atomic E-state index is 11.2. The van der Waals surface area contributed by atoms with Gasteiger partial charge in [0.1, 0.15) is 0 Å². The highest BCUT2D eigenvalue weighted by Crippen LogP contribution is 2.04. The Morgan fingerprint density at radius 2 is 1.87 bits per heavy atom. The van der Waals surface area contributed by atoms with Gasteiger partial charge in [-0.05, 0) is 12.8 Å². The monoisotopic (exact) mass is 238 g/mol. The number of rotatable bonds is 6. The average Bonchev–Trinajstić information content (AvgIpc) is 2.10. The third kappa shape index (κ3) is 7.33. The summed E-state index contributed by atoms with van der Waals surface area (Å²) in [7, 11) is -3.61. The normalized spacial score (nSPS) is 15.7. The fourth-order valence-corrected chi connectivity index (χ4v) is 1.36. The second-order valence-corrected chi connectivity index (χ2v) is 5.19. The van der Waals surface area contributed by atoms with Gasteiger partial charge >= 0.3 is 5.97 Å². The summed E-state index contributed by atoms with van der Waals surface area (Å²) in [5.41, 5.74) is 0. The van der Waals surface area contributed by atoms with E-state index >= 15 is 0 Å². The summed E-state index contributed by atoms with van der Waals surface area (Å²) < 4.78 is 30.8. The summed E-state index contributed by atoms with van der Waals surface area (Å²) in [5.74, 6) is -0.389. The molecule has 90 valence electrons. The number of carbonyl (C=O) groups is 1. The molecule has 0 heterocycles. The maximum Gasteiger partial charge on any atom is 0.336 e. The Hall–Kier alpha value is -0.620. The summed E-state index contributed by atoms with van der Waals surface area (Å²) in [5, 5.41) is 0. The first-order valence-corrected chi connectivity index (χ1v) is 6.62. The molecule has 0 rings (SSSR count). The van der Waals surface area contributed by atoms with E-state index in [0.29, 0.717) is 0 Å². The second kappa shape index (κ2) is 6.07. The summed E-state index contributed by atoms with van der Waals surface area (Å²) in [6, 6.07) is 0. The fourth-order valence-electron chi connectivity index (χ4n) is 0.761. The van der Waals surface area contributed by atoms with Gasteiger partial charge in [-0.3, -0.25) is 4.18 Å². The molecule has 0 aliphatic heterocycles. The molecule has 0 aromatic rings. The SMILES string of the molecule is CCC(C)COC(=O)C(C)OS(C)(=O)=O. The topological polar surface area (TPSA) is 69.7 Å². The predicted molar refractivity (Wildman–Crippen MR) is 55.8 cm³/mol. The largest absolute Gasteiger partial charge is 0.463 e. The van der Waals surface area contributed by atoms with Crippen LogP contribution in [0.4, 0.5) is 0 Å². The van der Waals surface area contributed by atoms with Crippen LogP contribution in [0.3, 0.4) is 0 Å². The van der Waals surface area contributed by atoms with E-state index in [1.165, 1.54) is 6.92 Å². The van der Waals surface area contributed by atoms with Crippen LogP contribution in [0.1, 0.15) is 27.2 Å². The first-order chi connectivity index (χ1) is 6.76. The second-order valence-electron chi connectivity index (χ2n) is 3.59. The lowest BCUT2D eigenvalue weighted by Crippen LogP contribution is -2.27. The standard InChI is InChI=1S/C9H18O5S/c1-5-7(2)6-13-9(10)8(3)14-15(4,11)12/h7-8H,5-6H2,1-4H3. The third-order valence-electron chi connectivity index (χ3n) is 1.86. The first kappa shape index (κ1) is 14.4. The van der Waals surface area contributed by atoms with Crippen LogP contribution in [0.15, 0.2) is 0 Å². The van der Waals surface area contributed by atoms with Gasteiger partial charge in [0, 0.05) is 0 Å². The average molecular weight is 238 g/mol. The fraction of sp³-hybridized carbons (Fsp3) is 0.889. The van der Waals surface area contributed by atoms with Gasteiger partial charge in [0.05, 0.1) is 12.9 Å². The Morgan fingerprint density at radius 3 is 2.27 bits per heavy atom. The summed E-state index contributed by atoms with van der Waals surface area (Å²) in [4.78, 5) is 11.2. The van der Waals surface area contributed by atoms with Crippen molar-refractivity contribution in [1.29, 1.82) is 0 Å². The molecule has 0 aromatic carbocycles. The van der Waals surface area contributed by atoms with Gasteiger partial charge < -0.3 is 4.74 Å². The molecule has 0 saturated heterocycles. The van der Waals surface area contributed by atoms with Gasteiger partial charge in [-0.25, -0.2) is 4.79 Å². The molecule has 15 heavy (non-hydrogen) atoms. The van der Waals surface area contributed by atoms with Crippen LogP contribution < -0.4 is 0 Å². The van der Waals surface area contributed by atoms with Crippen molar-refractivity contribution in [2.75, 3.05) is 12.9 Å². The molecule has 0 saturated carbocycles. The van der Waals surface area contributed by atoms with Gasteiger partial charge in [0.2, 0.25) is 0 Å². The Labute approximate surface area is 90.9 Å². The van der Waals surface area contributed by atoms with Crippen molar-refractivity contribution in [2.24, 2.45) is 5.92 Å². The number of esters is 1. The van der Waals surface area contributed by atoms with E-state index in [9.17, 15) is 13.2 Å². The van der Waals surface area contributed by atoms with E-state index in [1.807, 2.05) is 13.8 Å². The Morgan fingerprint density at radius 1 is 1.33 bits per heavy atom. The number of hydrogen-bond acceptors (Lipinski definition) is 5. The van der Waals surface area contributed by atoms with E-state index in [1.54, 1.807) is 0 Å². The highest BCUT2D eigenvalue weighted by Gasteiger charge is 2.20. The molecule has 0 bridgehead atoms. The van der Waals surface area contributed by atoms with Gasteiger partial charge in [0.25, 0.3) is 10.1 Å². The molecule has 2 unspecified atom stereocenters. The lowest BCUT2D eigenvalue weighted by atomic mass is 10.1. The minimum Gasteiger partial charge on any atom is -0.463 e. The van der Waals surface area contributed by atoms with Gasteiger partial charge in [-0.1, -0.05) is 20.3 Å². The van der Waals surface area contributed by atoms with Crippen LogP contribution in [-0.4, -0.2) is 33.4 Å². The van der Waals surface area contributed by atoms with E-state index < -0.39 is 22.2 Å². The van der Waals surface area contributed by atoms with Crippen LogP contribution >= 0.6 is 0 Å². The van der Waals surface area contributed by atoms with Crippen molar-refractivity contribution in [3.05, 3.63) is 0 Å². The zero-order valence-corrected chi connectivity index (χ0v) is 10.3. The highest BCUT2D eigenvalue weighted by atomic mass is 32.2. The summed E-state index contributed by atoms with van der Waals surface area (Å²) in [6.45, 7) is 5.55. The van der Waals surface area contributed by atoms with Crippen LogP contribution in [-0.2, 0) is 23.8 Å². The summed E-state index contributed by atoms with van der Waals surface area (Å²) >= 11 is 0. The van der Waals surface area contributed by atoms with E-state index in [2.05, 4.69) is 4.18 Å². The molecule has 0 aromatic heterocycles. The van der Waals surface area contributed by atoms with E-state index in [4.69, 9.17) is 4.74 Å². The van der Waals surface area contributed by atoms with Crippen molar-refractivity contribution >= 4 is 16.1 Å². The lowest BCUT2D eigenvalue weighted by molar-refractivity contribution is -0.152. The molecule has 0 aliphatic rings. The smallest absolute Gasteiger partial charge is 0.336 e. The molecule has 6 heteroatoms. The molecule has 0 radical (unpaired) electrons. The Kier molecular flexibility index (Phi) is 5.82. The number of carbonyl (C=O) groups excluding carboxylic acids is 1. The lowest BCUT2D eigenvalue weighted by Gasteiger charge is -2.13. The van der Waals surface area contributed by atoms with E-state index in [0.717, 1.165) is 12.7 Å². The molecule has 0 N–H and O–H groups in total. The van der Waals surface area contributed by atoms with Gasteiger partial charge in [-0.2, -0.15) is 8.42 Å². The Bertz CT molecular complexity index is 296. The minimum atomic E-state index is -3.61. The van der Waals surface area contributed by atoms with Crippen molar-refractivity contribution in [3.8, 4) is 0 Å². The quantitative estimate of drug-likeness (QED) is 0.509. The van der Waals surface area contributed by atoms with Crippen molar-refractivity contribution in [2.45, 2.75) is 33.3 Å². The van der Waals surface area contributed by atoms with Crippen molar-refractivity contribution in [3.63, 3.8) is 0 Å². The zero-order chi connectivity index (χ0) is 12.1. The molecular formula is C9H18O5S. The van der Waals surface area contributed by atoms with Gasteiger partial charge in [-0.15, -0.1) is 0 Å². The Balaban J connectivity index is 4.01. The van der Waals surface area contributed by atoms with Crippen LogP contribution in [0.5, 0.6) is 0 Å². The van der Waals surface area contributed by atoms with E-state index in [-0.39, 0.29) is 12.5 Å². The number of hydrogen-bond donors (Lipinski definition) is 0. The minimum absolute atomic E-state index is 0.263. The molecular weight excluding hydrogens is 220 g/mol. The summed E-state index contributed by atoms with van der Waals surface area (Å²) in [6.07, 6.45) is 0.712. The molecule has 0 amide bonds. The third-order valence-corrected chi connectivity index (χ3v) is 2.50. The highest BCUT2D eigenvalue weighted by molar-refractivity contribution is 7.86. The van der Waals surface area contributed by atoms with Crippen LogP contribution in [0, 0.1) is 5.92 Å². The predicted octanol–water partition coefficient (Wildman–Crippen LogP) is 0.940. The molecule has 5 nitrogen and oxygen atoms in total. The molecule has 0 fully saturated rings. The van der Waals surface area contributed by atoms with Crippen molar-refractivity contribution in [1.82, 2.24) is 0 Å². The zero-order valence-electron chi connectivity index (χ0n) is 9.52. The van der Waals surface area contributed by atoms with Crippen LogP contribution in [0.25, 0.3) is 0 Å². The molecule has 2 atom stereocenters. The van der Waals surface area contributed by atoms with Gasteiger partial charge in [0.15, 0.2) is 6.10 Å². The van der Waals surface area contributed by atoms with Crippen molar-refractivity contribution < 1.29 is 22.1 Å².